The van der Waals surface area contributed by atoms with Crippen molar-refractivity contribution < 1.29 is 14.5 Å². The van der Waals surface area contributed by atoms with Crippen LogP contribution in [0, 0.1) is 10.1 Å². The van der Waals surface area contributed by atoms with Gasteiger partial charge in [0.1, 0.15) is 11.3 Å². The highest BCUT2D eigenvalue weighted by molar-refractivity contribution is 6.32. The number of amides is 1. The monoisotopic (exact) mass is 285 g/mol. The van der Waals surface area contributed by atoms with Crippen LogP contribution in [0.4, 0.5) is 5.69 Å². The second-order valence-electron chi connectivity index (χ2n) is 3.44. The molecule has 19 heavy (non-hydrogen) atoms. The molecule has 102 valence electrons. The first kappa shape index (κ1) is 14.9. The van der Waals surface area contributed by atoms with Gasteiger partial charge in [0.2, 0.25) is 0 Å². The van der Waals surface area contributed by atoms with Crippen LogP contribution in [0.3, 0.4) is 0 Å². The van der Waals surface area contributed by atoms with Gasteiger partial charge in [-0.1, -0.05) is 18.2 Å². The Hall–Kier alpha value is -2.15. The summed E-state index contributed by atoms with van der Waals surface area (Å²) in [5.41, 5.74) is -0.315. The van der Waals surface area contributed by atoms with Crippen LogP contribution < -0.4 is 5.32 Å². The summed E-state index contributed by atoms with van der Waals surface area (Å²) in [6.45, 7) is 4.15. The summed E-state index contributed by atoms with van der Waals surface area (Å²) in [7, 11) is 0. The summed E-state index contributed by atoms with van der Waals surface area (Å²) in [6, 6.07) is 1.09. The Morgan fingerprint density at radius 3 is 3.05 bits per heavy atom. The lowest BCUT2D eigenvalue weighted by Crippen LogP contribution is -2.25. The smallest absolute Gasteiger partial charge is 0.288 e. The Morgan fingerprint density at radius 2 is 2.42 bits per heavy atom. The van der Waals surface area contributed by atoms with Gasteiger partial charge in [-0.15, -0.1) is 0 Å². The standard InChI is InChI=1S/C11H12ClN3O4/c1-2-19-5-3-4-13-11(16)9-6-8(15(17)18)7-14-10(9)12/h2,6-7H,1,3-5H2,(H,13,16). The van der Waals surface area contributed by atoms with E-state index >= 15 is 0 Å². The highest BCUT2D eigenvalue weighted by Gasteiger charge is 2.16. The van der Waals surface area contributed by atoms with Gasteiger partial charge in [-0.2, -0.15) is 0 Å². The van der Waals surface area contributed by atoms with E-state index in [9.17, 15) is 14.9 Å². The number of pyridine rings is 1. The van der Waals surface area contributed by atoms with Crippen molar-refractivity contribution in [2.24, 2.45) is 0 Å². The molecule has 1 N–H and O–H groups in total. The van der Waals surface area contributed by atoms with Gasteiger partial charge in [0.05, 0.1) is 23.4 Å². The lowest BCUT2D eigenvalue weighted by atomic mass is 10.2. The van der Waals surface area contributed by atoms with Gasteiger partial charge in [0, 0.05) is 12.6 Å². The number of nitrogens with one attached hydrogen (secondary N) is 1. The number of aromatic nitrogens is 1. The molecule has 0 aliphatic heterocycles. The molecule has 0 saturated carbocycles. The van der Waals surface area contributed by atoms with E-state index in [-0.39, 0.29) is 16.4 Å². The van der Waals surface area contributed by atoms with E-state index < -0.39 is 10.8 Å². The van der Waals surface area contributed by atoms with E-state index in [1.165, 1.54) is 6.26 Å². The zero-order valence-corrected chi connectivity index (χ0v) is 10.7. The van der Waals surface area contributed by atoms with Crippen molar-refractivity contribution in [3.8, 4) is 0 Å². The van der Waals surface area contributed by atoms with Crippen LogP contribution in [-0.4, -0.2) is 29.0 Å². The first-order valence-corrected chi connectivity index (χ1v) is 5.74. The molecule has 0 aliphatic rings. The molecule has 1 aromatic rings. The zero-order chi connectivity index (χ0) is 14.3. The van der Waals surface area contributed by atoms with Crippen molar-refractivity contribution in [2.45, 2.75) is 6.42 Å². The van der Waals surface area contributed by atoms with Crippen molar-refractivity contribution in [1.29, 1.82) is 0 Å². The van der Waals surface area contributed by atoms with Crippen LogP contribution in [0.1, 0.15) is 16.8 Å². The van der Waals surface area contributed by atoms with Gasteiger partial charge in [0.15, 0.2) is 0 Å². The molecule has 8 heteroatoms. The summed E-state index contributed by atoms with van der Waals surface area (Å²) >= 11 is 5.73. The molecule has 0 radical (unpaired) electrons. The molecular formula is C11H12ClN3O4. The number of nitrogens with zero attached hydrogens (tertiary/aromatic N) is 2. The number of hydrogen-bond acceptors (Lipinski definition) is 5. The summed E-state index contributed by atoms with van der Waals surface area (Å²) in [5.74, 6) is -0.514. The van der Waals surface area contributed by atoms with Crippen molar-refractivity contribution >= 4 is 23.2 Å². The van der Waals surface area contributed by atoms with E-state index in [1.54, 1.807) is 0 Å². The molecule has 0 unspecified atom stereocenters. The maximum Gasteiger partial charge on any atom is 0.288 e. The van der Waals surface area contributed by atoms with Gasteiger partial charge in [-0.3, -0.25) is 14.9 Å². The molecule has 0 bridgehead atoms. The number of nitro groups is 1. The van der Waals surface area contributed by atoms with E-state index in [0.29, 0.717) is 19.6 Å². The van der Waals surface area contributed by atoms with Crippen LogP contribution >= 0.6 is 11.6 Å². The minimum absolute atomic E-state index is 0.0273. The number of rotatable bonds is 7. The molecular weight excluding hydrogens is 274 g/mol. The van der Waals surface area contributed by atoms with E-state index in [1.807, 2.05) is 0 Å². The molecule has 0 aliphatic carbocycles. The molecule has 0 spiro atoms. The molecule has 0 saturated heterocycles. The summed E-state index contributed by atoms with van der Waals surface area (Å²) < 4.78 is 4.88. The molecule has 0 aromatic carbocycles. The maximum atomic E-state index is 11.8. The lowest BCUT2D eigenvalue weighted by molar-refractivity contribution is -0.385. The topological polar surface area (TPSA) is 94.4 Å². The minimum Gasteiger partial charge on any atom is -0.502 e. The van der Waals surface area contributed by atoms with Gasteiger partial charge in [-0.25, -0.2) is 4.98 Å². The fourth-order valence-corrected chi connectivity index (χ4v) is 1.42. The van der Waals surface area contributed by atoms with Crippen molar-refractivity contribution in [3.05, 3.63) is 45.9 Å². The second-order valence-corrected chi connectivity index (χ2v) is 3.79. The Kier molecular flexibility index (Phi) is 5.74. The zero-order valence-electron chi connectivity index (χ0n) is 9.97. The lowest BCUT2D eigenvalue weighted by Gasteiger charge is -2.06. The molecule has 1 amide bonds. The number of halogens is 1. The molecule has 1 aromatic heterocycles. The summed E-state index contributed by atoms with van der Waals surface area (Å²) in [6.07, 6.45) is 2.89. The highest BCUT2D eigenvalue weighted by Crippen LogP contribution is 2.18. The first-order valence-electron chi connectivity index (χ1n) is 5.37. The summed E-state index contributed by atoms with van der Waals surface area (Å²) in [5, 5.41) is 13.1. The maximum absolute atomic E-state index is 11.8. The van der Waals surface area contributed by atoms with Crippen LogP contribution in [0.5, 0.6) is 0 Å². The van der Waals surface area contributed by atoms with Gasteiger partial charge in [0.25, 0.3) is 11.6 Å². The third kappa shape index (κ3) is 4.55. The van der Waals surface area contributed by atoms with Crippen LogP contribution in [0.15, 0.2) is 25.1 Å². The molecule has 7 nitrogen and oxygen atoms in total. The molecule has 0 atom stereocenters. The number of hydrogen-bond donors (Lipinski definition) is 1. The third-order valence-corrected chi connectivity index (χ3v) is 2.42. The Balaban J connectivity index is 2.63. The Bertz CT molecular complexity index is 493. The average Bonchev–Trinajstić information content (AvgIpc) is 2.38. The predicted molar refractivity (Wildman–Crippen MR) is 69.0 cm³/mol. The normalized spacial score (nSPS) is 9.74. The average molecular weight is 286 g/mol. The van der Waals surface area contributed by atoms with E-state index in [4.69, 9.17) is 16.3 Å². The first-order chi connectivity index (χ1) is 9.06. The van der Waals surface area contributed by atoms with Gasteiger partial charge >= 0.3 is 0 Å². The number of carbonyl (C=O) groups excluding carboxylic acids is 1. The van der Waals surface area contributed by atoms with Gasteiger partial charge in [-0.05, 0) is 6.42 Å². The molecule has 1 rings (SSSR count). The summed E-state index contributed by atoms with van der Waals surface area (Å²) in [4.78, 5) is 25.3. The second kappa shape index (κ2) is 7.32. The third-order valence-electron chi connectivity index (χ3n) is 2.12. The quantitative estimate of drug-likeness (QED) is 0.271. The van der Waals surface area contributed by atoms with E-state index in [2.05, 4.69) is 16.9 Å². The van der Waals surface area contributed by atoms with Crippen LogP contribution in [-0.2, 0) is 4.74 Å². The van der Waals surface area contributed by atoms with Crippen molar-refractivity contribution in [3.63, 3.8) is 0 Å². The van der Waals surface area contributed by atoms with Crippen molar-refractivity contribution in [1.82, 2.24) is 10.3 Å². The Morgan fingerprint density at radius 1 is 1.68 bits per heavy atom. The van der Waals surface area contributed by atoms with Gasteiger partial charge < -0.3 is 10.1 Å². The van der Waals surface area contributed by atoms with Crippen LogP contribution in [0.25, 0.3) is 0 Å². The largest absolute Gasteiger partial charge is 0.502 e. The highest BCUT2D eigenvalue weighted by atomic mass is 35.5. The Labute approximate surface area is 114 Å². The van der Waals surface area contributed by atoms with E-state index in [0.717, 1.165) is 12.3 Å². The number of ether oxygens (including phenoxy) is 1. The molecule has 0 fully saturated rings. The predicted octanol–water partition coefficient (Wildman–Crippen LogP) is 1.92. The SMILES string of the molecule is C=COCCCNC(=O)c1cc([N+](=O)[O-])cnc1Cl. The van der Waals surface area contributed by atoms with Crippen molar-refractivity contribution in [2.75, 3.05) is 13.2 Å². The fourth-order valence-electron chi connectivity index (χ4n) is 1.23. The minimum atomic E-state index is -0.641. The number of carbonyl (C=O) groups is 1. The van der Waals surface area contributed by atoms with Crippen LogP contribution in [0.2, 0.25) is 5.15 Å². The molecule has 1 heterocycles. The fraction of sp³-hybridized carbons (Fsp3) is 0.273.